The number of aromatic nitrogens is 2. The molecular formula is C22H19N3. The van der Waals surface area contributed by atoms with Gasteiger partial charge in [0.1, 0.15) is 0 Å². The summed E-state index contributed by atoms with van der Waals surface area (Å²) in [7, 11) is 0. The van der Waals surface area contributed by atoms with Crippen LogP contribution in [0.15, 0.2) is 91.0 Å². The second-order valence-electron chi connectivity index (χ2n) is 5.97. The van der Waals surface area contributed by atoms with Crippen LogP contribution < -0.4 is 5.73 Å². The van der Waals surface area contributed by atoms with Crippen LogP contribution in [-0.2, 0) is 6.54 Å². The van der Waals surface area contributed by atoms with Crippen LogP contribution in [0.1, 0.15) is 5.56 Å². The predicted octanol–water partition coefficient (Wildman–Crippen LogP) is 4.85. The number of hydrogen-bond acceptors (Lipinski definition) is 2. The molecule has 3 heteroatoms. The highest BCUT2D eigenvalue weighted by atomic mass is 15.2. The summed E-state index contributed by atoms with van der Waals surface area (Å²) >= 11 is 0. The molecule has 0 saturated carbocycles. The number of imidazole rings is 1. The Labute approximate surface area is 147 Å². The molecule has 4 rings (SSSR count). The van der Waals surface area contributed by atoms with Crippen LogP contribution in [0.2, 0.25) is 0 Å². The van der Waals surface area contributed by atoms with Gasteiger partial charge in [0, 0.05) is 11.1 Å². The Hall–Kier alpha value is -3.33. The molecule has 0 aliphatic carbocycles. The Kier molecular flexibility index (Phi) is 4.05. The molecule has 0 spiro atoms. The van der Waals surface area contributed by atoms with Gasteiger partial charge in [0.25, 0.3) is 0 Å². The van der Waals surface area contributed by atoms with Crippen molar-refractivity contribution in [3.8, 4) is 22.5 Å². The summed E-state index contributed by atoms with van der Waals surface area (Å²) in [5.74, 6) is 0.529. The molecule has 0 unspecified atom stereocenters. The van der Waals surface area contributed by atoms with Crippen LogP contribution in [0.5, 0.6) is 0 Å². The fourth-order valence-corrected chi connectivity index (χ4v) is 3.08. The minimum absolute atomic E-state index is 0.529. The minimum Gasteiger partial charge on any atom is -0.369 e. The number of hydrogen-bond donors (Lipinski definition) is 1. The molecule has 0 bridgehead atoms. The van der Waals surface area contributed by atoms with Gasteiger partial charge >= 0.3 is 0 Å². The molecule has 25 heavy (non-hydrogen) atoms. The van der Waals surface area contributed by atoms with E-state index in [9.17, 15) is 0 Å². The van der Waals surface area contributed by atoms with Gasteiger partial charge in [-0.25, -0.2) is 4.98 Å². The van der Waals surface area contributed by atoms with Crippen molar-refractivity contribution in [1.82, 2.24) is 9.55 Å². The fourth-order valence-electron chi connectivity index (χ4n) is 3.08. The number of nitrogen functional groups attached to an aromatic ring is 1. The maximum Gasteiger partial charge on any atom is 0.201 e. The van der Waals surface area contributed by atoms with Crippen molar-refractivity contribution in [1.29, 1.82) is 0 Å². The van der Waals surface area contributed by atoms with Gasteiger partial charge in [0.2, 0.25) is 5.95 Å². The van der Waals surface area contributed by atoms with Crippen molar-refractivity contribution in [3.05, 3.63) is 96.6 Å². The van der Waals surface area contributed by atoms with Gasteiger partial charge < -0.3 is 10.3 Å². The lowest BCUT2D eigenvalue weighted by atomic mass is 10.0. The van der Waals surface area contributed by atoms with Crippen molar-refractivity contribution in [3.63, 3.8) is 0 Å². The van der Waals surface area contributed by atoms with E-state index in [4.69, 9.17) is 10.7 Å². The van der Waals surface area contributed by atoms with Crippen molar-refractivity contribution in [2.45, 2.75) is 6.54 Å². The Morgan fingerprint density at radius 1 is 0.680 bits per heavy atom. The Morgan fingerprint density at radius 2 is 1.20 bits per heavy atom. The Balaban J connectivity index is 1.90. The summed E-state index contributed by atoms with van der Waals surface area (Å²) in [6, 6.07) is 30.8. The molecule has 0 saturated heterocycles. The molecule has 3 nitrogen and oxygen atoms in total. The van der Waals surface area contributed by atoms with E-state index in [1.54, 1.807) is 0 Å². The van der Waals surface area contributed by atoms with Crippen LogP contribution in [0.4, 0.5) is 5.95 Å². The van der Waals surface area contributed by atoms with E-state index in [2.05, 4.69) is 41.0 Å². The molecule has 0 radical (unpaired) electrons. The number of rotatable bonds is 4. The topological polar surface area (TPSA) is 43.8 Å². The first-order valence-electron chi connectivity index (χ1n) is 8.33. The molecule has 2 N–H and O–H groups in total. The number of nitrogens with zero attached hydrogens (tertiary/aromatic N) is 2. The fraction of sp³-hybridized carbons (Fsp3) is 0.0455. The van der Waals surface area contributed by atoms with Crippen LogP contribution >= 0.6 is 0 Å². The molecule has 3 aromatic carbocycles. The van der Waals surface area contributed by atoms with Gasteiger partial charge in [0.15, 0.2) is 0 Å². The highest BCUT2D eigenvalue weighted by Gasteiger charge is 2.18. The van der Waals surface area contributed by atoms with Gasteiger partial charge in [-0.05, 0) is 5.56 Å². The maximum absolute atomic E-state index is 6.32. The van der Waals surface area contributed by atoms with Crippen molar-refractivity contribution in [2.24, 2.45) is 0 Å². The monoisotopic (exact) mass is 325 g/mol. The third-order valence-corrected chi connectivity index (χ3v) is 4.28. The van der Waals surface area contributed by atoms with Gasteiger partial charge in [-0.1, -0.05) is 91.0 Å². The normalized spacial score (nSPS) is 10.7. The summed E-state index contributed by atoms with van der Waals surface area (Å²) in [6.07, 6.45) is 0. The third-order valence-electron chi connectivity index (χ3n) is 4.28. The highest BCUT2D eigenvalue weighted by molar-refractivity contribution is 5.80. The van der Waals surface area contributed by atoms with Crippen LogP contribution in [-0.4, -0.2) is 9.55 Å². The molecule has 0 aliphatic rings. The van der Waals surface area contributed by atoms with Gasteiger partial charge in [-0.2, -0.15) is 0 Å². The summed E-state index contributed by atoms with van der Waals surface area (Å²) in [5, 5.41) is 0. The van der Waals surface area contributed by atoms with E-state index in [0.717, 1.165) is 22.5 Å². The molecule has 0 aliphatic heterocycles. The lowest BCUT2D eigenvalue weighted by Crippen LogP contribution is -2.06. The summed E-state index contributed by atoms with van der Waals surface area (Å²) < 4.78 is 2.09. The zero-order valence-corrected chi connectivity index (χ0v) is 13.8. The minimum atomic E-state index is 0.529. The SMILES string of the molecule is Nc1nc(-c2ccccc2)c(-c2ccccc2)n1Cc1ccccc1. The molecule has 0 atom stereocenters. The van der Waals surface area contributed by atoms with Gasteiger partial charge in [0.05, 0.1) is 17.9 Å². The molecular weight excluding hydrogens is 306 g/mol. The smallest absolute Gasteiger partial charge is 0.201 e. The zero-order valence-electron chi connectivity index (χ0n) is 13.8. The van der Waals surface area contributed by atoms with E-state index in [-0.39, 0.29) is 0 Å². The van der Waals surface area contributed by atoms with E-state index in [1.165, 1.54) is 5.56 Å². The lowest BCUT2D eigenvalue weighted by molar-refractivity contribution is 0.818. The van der Waals surface area contributed by atoms with Crippen molar-refractivity contribution in [2.75, 3.05) is 5.73 Å². The Morgan fingerprint density at radius 3 is 1.80 bits per heavy atom. The zero-order chi connectivity index (χ0) is 17.1. The first-order chi connectivity index (χ1) is 12.3. The molecule has 1 aromatic heterocycles. The van der Waals surface area contributed by atoms with Gasteiger partial charge in [-0.15, -0.1) is 0 Å². The number of nitrogens with two attached hydrogens (primary N) is 1. The Bertz CT molecular complexity index is 958. The highest BCUT2D eigenvalue weighted by Crippen LogP contribution is 2.34. The lowest BCUT2D eigenvalue weighted by Gasteiger charge is -2.12. The second kappa shape index (κ2) is 6.65. The van der Waals surface area contributed by atoms with Crippen LogP contribution in [0.25, 0.3) is 22.5 Å². The first-order valence-corrected chi connectivity index (χ1v) is 8.33. The summed E-state index contributed by atoms with van der Waals surface area (Å²) in [4.78, 5) is 4.69. The van der Waals surface area contributed by atoms with Crippen LogP contribution in [0.3, 0.4) is 0 Å². The van der Waals surface area contributed by atoms with E-state index >= 15 is 0 Å². The molecule has 0 fully saturated rings. The molecule has 0 amide bonds. The summed E-state index contributed by atoms with van der Waals surface area (Å²) in [6.45, 7) is 0.691. The molecule has 122 valence electrons. The largest absolute Gasteiger partial charge is 0.369 e. The standard InChI is InChI=1S/C22H19N3/c23-22-24-20(18-12-6-2-7-13-18)21(19-14-8-3-9-15-19)25(22)16-17-10-4-1-5-11-17/h1-15H,16H2,(H2,23,24). The van der Waals surface area contributed by atoms with E-state index in [0.29, 0.717) is 12.5 Å². The van der Waals surface area contributed by atoms with Crippen LogP contribution in [0, 0.1) is 0 Å². The summed E-state index contributed by atoms with van der Waals surface area (Å²) in [5.41, 5.74) is 11.7. The van der Waals surface area contributed by atoms with Crippen molar-refractivity contribution < 1.29 is 0 Å². The van der Waals surface area contributed by atoms with Crippen molar-refractivity contribution >= 4 is 5.95 Å². The first kappa shape index (κ1) is 15.2. The second-order valence-corrected chi connectivity index (χ2v) is 5.97. The average Bonchev–Trinajstić information content (AvgIpc) is 3.00. The van der Waals surface area contributed by atoms with E-state index in [1.807, 2.05) is 54.6 Å². The average molecular weight is 325 g/mol. The molecule has 1 heterocycles. The quantitative estimate of drug-likeness (QED) is 0.583. The predicted molar refractivity (Wildman–Crippen MR) is 103 cm³/mol. The number of anilines is 1. The maximum atomic E-state index is 6.32. The number of benzene rings is 3. The van der Waals surface area contributed by atoms with Gasteiger partial charge in [-0.3, -0.25) is 0 Å². The van der Waals surface area contributed by atoms with E-state index < -0.39 is 0 Å². The molecule has 4 aromatic rings. The third kappa shape index (κ3) is 3.04.